The number of aromatic nitrogens is 1. The Hall–Kier alpha value is -2.38. The average Bonchev–Trinajstić information content (AvgIpc) is 2.76. The lowest BCUT2D eigenvalue weighted by atomic mass is 9.99. The van der Waals surface area contributed by atoms with Gasteiger partial charge in [-0.25, -0.2) is 4.79 Å². The molecular formula is C13H13NO6. The highest BCUT2D eigenvalue weighted by Gasteiger charge is 2.29. The summed E-state index contributed by atoms with van der Waals surface area (Å²) in [7, 11) is 0. The minimum atomic E-state index is -1.60. The Morgan fingerprint density at radius 1 is 1.15 bits per heavy atom. The summed E-state index contributed by atoms with van der Waals surface area (Å²) in [6.07, 6.45) is -3.88. The van der Waals surface area contributed by atoms with Gasteiger partial charge in [0.25, 0.3) is 0 Å². The number of para-hydroxylation sites is 1. The minimum Gasteiger partial charge on any atom is -0.481 e. The molecule has 0 fully saturated rings. The van der Waals surface area contributed by atoms with E-state index < -0.39 is 30.6 Å². The minimum absolute atomic E-state index is 0.0122. The first-order chi connectivity index (χ1) is 9.41. The summed E-state index contributed by atoms with van der Waals surface area (Å²) in [6.45, 7) is 0. The van der Waals surface area contributed by atoms with Crippen LogP contribution in [0.15, 0.2) is 24.3 Å². The molecule has 0 amide bonds. The van der Waals surface area contributed by atoms with Crippen LogP contribution in [-0.4, -0.2) is 43.5 Å². The van der Waals surface area contributed by atoms with E-state index in [-0.39, 0.29) is 11.3 Å². The van der Waals surface area contributed by atoms with Gasteiger partial charge in [-0.3, -0.25) is 4.79 Å². The Balaban J connectivity index is 2.53. The third-order valence-electron chi connectivity index (χ3n) is 3.00. The van der Waals surface area contributed by atoms with E-state index in [0.29, 0.717) is 10.9 Å². The molecule has 20 heavy (non-hydrogen) atoms. The number of aromatic carboxylic acids is 1. The average molecular weight is 279 g/mol. The van der Waals surface area contributed by atoms with Crippen molar-refractivity contribution in [2.24, 2.45) is 0 Å². The van der Waals surface area contributed by atoms with E-state index in [0.717, 1.165) is 0 Å². The number of rotatable bonds is 5. The Bertz CT molecular complexity index is 662. The summed E-state index contributed by atoms with van der Waals surface area (Å²) in [4.78, 5) is 24.4. The summed E-state index contributed by atoms with van der Waals surface area (Å²) in [5, 5.41) is 37.9. The molecule has 0 saturated carbocycles. The van der Waals surface area contributed by atoms with Gasteiger partial charge in [0.1, 0.15) is 11.8 Å². The second-order valence-electron chi connectivity index (χ2n) is 4.37. The highest BCUT2D eigenvalue weighted by Crippen LogP contribution is 2.30. The van der Waals surface area contributed by atoms with Crippen LogP contribution in [0.2, 0.25) is 0 Å². The summed E-state index contributed by atoms with van der Waals surface area (Å²) >= 11 is 0. The number of benzene rings is 1. The van der Waals surface area contributed by atoms with Crippen molar-refractivity contribution in [3.63, 3.8) is 0 Å². The van der Waals surface area contributed by atoms with E-state index in [2.05, 4.69) is 4.98 Å². The largest absolute Gasteiger partial charge is 0.481 e. The number of carboxylic acids is 2. The maximum Gasteiger partial charge on any atom is 0.352 e. The zero-order valence-electron chi connectivity index (χ0n) is 10.3. The molecule has 1 heterocycles. The van der Waals surface area contributed by atoms with E-state index in [4.69, 9.17) is 10.2 Å². The van der Waals surface area contributed by atoms with Crippen molar-refractivity contribution >= 4 is 22.8 Å². The van der Waals surface area contributed by atoms with Gasteiger partial charge in [0.2, 0.25) is 0 Å². The molecule has 5 N–H and O–H groups in total. The van der Waals surface area contributed by atoms with Crippen molar-refractivity contribution in [1.82, 2.24) is 4.98 Å². The number of H-pyrrole nitrogens is 1. The van der Waals surface area contributed by atoms with Gasteiger partial charge < -0.3 is 25.4 Å². The van der Waals surface area contributed by atoms with Crippen molar-refractivity contribution in [2.45, 2.75) is 18.6 Å². The van der Waals surface area contributed by atoms with Crippen LogP contribution in [0.3, 0.4) is 0 Å². The molecule has 2 atom stereocenters. The predicted octanol–water partition coefficient (Wildman–Crippen LogP) is 0.735. The van der Waals surface area contributed by atoms with Crippen molar-refractivity contribution in [3.05, 3.63) is 35.5 Å². The number of aliphatic carboxylic acids is 1. The smallest absolute Gasteiger partial charge is 0.352 e. The third-order valence-corrected chi connectivity index (χ3v) is 3.00. The Kier molecular flexibility index (Phi) is 3.73. The van der Waals surface area contributed by atoms with Gasteiger partial charge in [-0.15, -0.1) is 0 Å². The first-order valence-electron chi connectivity index (χ1n) is 5.83. The van der Waals surface area contributed by atoms with Crippen molar-refractivity contribution in [3.8, 4) is 0 Å². The van der Waals surface area contributed by atoms with E-state index in [1.165, 1.54) is 0 Å². The molecule has 2 rings (SSSR count). The second kappa shape index (κ2) is 5.32. The molecule has 2 aromatic rings. The highest BCUT2D eigenvalue weighted by molar-refractivity contribution is 5.97. The summed E-state index contributed by atoms with van der Waals surface area (Å²) in [5.41, 5.74) is 0.214. The lowest BCUT2D eigenvalue weighted by molar-refractivity contribution is -0.141. The topological polar surface area (TPSA) is 131 Å². The molecule has 2 unspecified atom stereocenters. The van der Waals surface area contributed by atoms with Gasteiger partial charge in [-0.05, 0) is 6.07 Å². The zero-order valence-corrected chi connectivity index (χ0v) is 10.3. The number of aromatic amines is 1. The number of aliphatic hydroxyl groups excluding tert-OH is 2. The zero-order chi connectivity index (χ0) is 14.9. The molecule has 0 aliphatic heterocycles. The fourth-order valence-corrected chi connectivity index (χ4v) is 2.12. The predicted molar refractivity (Wildman–Crippen MR) is 68.5 cm³/mol. The first-order valence-corrected chi connectivity index (χ1v) is 5.83. The first kappa shape index (κ1) is 14.0. The molecule has 1 aromatic heterocycles. The fraction of sp³-hybridized carbons (Fsp3) is 0.231. The molecule has 0 saturated heterocycles. The summed E-state index contributed by atoms with van der Waals surface area (Å²) < 4.78 is 0. The molecule has 1 aromatic carbocycles. The normalized spacial score (nSPS) is 14.1. The maximum atomic E-state index is 11.2. The molecule has 0 aliphatic rings. The summed E-state index contributed by atoms with van der Waals surface area (Å²) in [6, 6.07) is 6.56. The van der Waals surface area contributed by atoms with Crippen LogP contribution >= 0.6 is 0 Å². The molecule has 106 valence electrons. The van der Waals surface area contributed by atoms with Gasteiger partial charge in [0.15, 0.2) is 0 Å². The number of fused-ring (bicyclic) bond motifs is 1. The quantitative estimate of drug-likeness (QED) is 0.548. The number of carbonyl (C=O) groups is 2. The third kappa shape index (κ3) is 2.49. The lowest BCUT2D eigenvalue weighted by Gasteiger charge is -2.16. The van der Waals surface area contributed by atoms with Crippen molar-refractivity contribution in [1.29, 1.82) is 0 Å². The number of hydrogen-bond donors (Lipinski definition) is 5. The number of carboxylic acid groups (broad SMARTS) is 2. The van der Waals surface area contributed by atoms with Crippen molar-refractivity contribution in [2.75, 3.05) is 0 Å². The Morgan fingerprint density at radius 3 is 2.40 bits per heavy atom. The van der Waals surface area contributed by atoms with Crippen LogP contribution in [0.5, 0.6) is 0 Å². The van der Waals surface area contributed by atoms with E-state index in [1.807, 2.05) is 0 Å². The number of aliphatic hydroxyl groups is 2. The SMILES string of the molecule is O=C(O)CC(O)C(O)c1c(C(=O)O)[nH]c2ccccc12. The summed E-state index contributed by atoms with van der Waals surface area (Å²) in [5.74, 6) is -2.58. The van der Waals surface area contributed by atoms with E-state index >= 15 is 0 Å². The maximum absolute atomic E-state index is 11.2. The second-order valence-corrected chi connectivity index (χ2v) is 4.37. The lowest BCUT2D eigenvalue weighted by Crippen LogP contribution is -2.23. The van der Waals surface area contributed by atoms with Gasteiger partial charge in [0, 0.05) is 16.5 Å². The standard InChI is InChI=1S/C13H13NO6/c15-8(5-9(16)17)12(18)10-6-3-1-2-4-7(6)14-11(10)13(19)20/h1-4,8,12,14-15,18H,5H2,(H,16,17)(H,19,20). The van der Waals surface area contributed by atoms with Crippen LogP contribution in [0.4, 0.5) is 0 Å². The molecule has 0 radical (unpaired) electrons. The monoisotopic (exact) mass is 279 g/mol. The van der Waals surface area contributed by atoms with Crippen LogP contribution in [-0.2, 0) is 4.79 Å². The number of nitrogens with one attached hydrogen (secondary N) is 1. The molecule has 0 aliphatic carbocycles. The fourth-order valence-electron chi connectivity index (χ4n) is 2.12. The van der Waals surface area contributed by atoms with E-state index in [9.17, 15) is 19.8 Å². The Labute approximate surface area is 113 Å². The molecule has 0 spiro atoms. The van der Waals surface area contributed by atoms with Gasteiger partial charge >= 0.3 is 11.9 Å². The van der Waals surface area contributed by atoms with Gasteiger partial charge in [0.05, 0.1) is 12.5 Å². The van der Waals surface area contributed by atoms with Gasteiger partial charge in [-0.2, -0.15) is 0 Å². The Morgan fingerprint density at radius 2 is 1.80 bits per heavy atom. The van der Waals surface area contributed by atoms with Crippen LogP contribution in [0.1, 0.15) is 28.6 Å². The highest BCUT2D eigenvalue weighted by atomic mass is 16.4. The molecule has 7 heteroatoms. The molecular weight excluding hydrogens is 266 g/mol. The van der Waals surface area contributed by atoms with Crippen LogP contribution in [0.25, 0.3) is 10.9 Å². The number of hydrogen-bond acceptors (Lipinski definition) is 4. The molecule has 0 bridgehead atoms. The van der Waals surface area contributed by atoms with Crippen LogP contribution in [0, 0.1) is 0 Å². The van der Waals surface area contributed by atoms with E-state index in [1.54, 1.807) is 24.3 Å². The van der Waals surface area contributed by atoms with Crippen LogP contribution < -0.4 is 0 Å². The van der Waals surface area contributed by atoms with Crippen molar-refractivity contribution < 1.29 is 30.0 Å². The van der Waals surface area contributed by atoms with Gasteiger partial charge in [-0.1, -0.05) is 18.2 Å². The molecule has 7 nitrogen and oxygen atoms in total.